The van der Waals surface area contributed by atoms with E-state index in [1.165, 1.54) is 9.80 Å². The summed E-state index contributed by atoms with van der Waals surface area (Å²) in [6.45, 7) is 5.07. The minimum atomic E-state index is -0.451. The van der Waals surface area contributed by atoms with Crippen molar-refractivity contribution in [1.29, 1.82) is 0 Å². The van der Waals surface area contributed by atoms with Gasteiger partial charge >= 0.3 is 12.2 Å². The fraction of sp³-hybridized carbons (Fsp3) is 0.481. The summed E-state index contributed by atoms with van der Waals surface area (Å²) in [7, 11) is 0. The highest BCUT2D eigenvalue weighted by atomic mass is 16.6. The van der Waals surface area contributed by atoms with E-state index < -0.39 is 12.2 Å². The van der Waals surface area contributed by atoms with Gasteiger partial charge in [0.05, 0.1) is 24.6 Å². The van der Waals surface area contributed by atoms with Crippen molar-refractivity contribution < 1.29 is 19.1 Å². The SMILES string of the molecule is CCCCCCOC(=O)N1CN(C(=O)OCCCCCC)c2ccccc2-c2ccccc21. The lowest BCUT2D eigenvalue weighted by molar-refractivity contribution is 0.146. The van der Waals surface area contributed by atoms with E-state index in [0.29, 0.717) is 13.2 Å². The predicted octanol–water partition coefficient (Wildman–Crippen LogP) is 7.37. The molecule has 6 heteroatoms. The Balaban J connectivity index is 1.82. The Hall–Kier alpha value is -3.02. The molecule has 0 atom stereocenters. The highest BCUT2D eigenvalue weighted by Gasteiger charge is 2.32. The number of para-hydroxylation sites is 2. The Bertz CT molecular complexity index is 841. The summed E-state index contributed by atoms with van der Waals surface area (Å²) < 4.78 is 11.2. The van der Waals surface area contributed by atoms with Crippen LogP contribution in [-0.2, 0) is 9.47 Å². The van der Waals surface area contributed by atoms with Gasteiger partial charge in [-0.1, -0.05) is 88.8 Å². The third-order valence-corrected chi connectivity index (χ3v) is 5.85. The van der Waals surface area contributed by atoms with Crippen LogP contribution in [0.4, 0.5) is 21.0 Å². The molecule has 0 unspecified atom stereocenters. The van der Waals surface area contributed by atoms with Crippen LogP contribution in [0.25, 0.3) is 11.1 Å². The van der Waals surface area contributed by atoms with Crippen LogP contribution in [0.1, 0.15) is 65.2 Å². The van der Waals surface area contributed by atoms with Crippen molar-refractivity contribution in [2.75, 3.05) is 29.7 Å². The van der Waals surface area contributed by atoms with E-state index in [-0.39, 0.29) is 6.67 Å². The van der Waals surface area contributed by atoms with E-state index in [1.807, 2.05) is 48.5 Å². The molecule has 0 radical (unpaired) electrons. The molecule has 0 fully saturated rings. The van der Waals surface area contributed by atoms with E-state index in [9.17, 15) is 9.59 Å². The first-order valence-corrected chi connectivity index (χ1v) is 12.2. The maximum Gasteiger partial charge on any atom is 0.415 e. The van der Waals surface area contributed by atoms with Crippen molar-refractivity contribution in [3.8, 4) is 11.1 Å². The van der Waals surface area contributed by atoms with Crippen LogP contribution in [0.2, 0.25) is 0 Å². The molecule has 0 aliphatic carbocycles. The van der Waals surface area contributed by atoms with Gasteiger partial charge in [-0.05, 0) is 25.0 Å². The molecule has 2 aromatic rings. The molecule has 0 bridgehead atoms. The highest BCUT2D eigenvalue weighted by molar-refractivity contribution is 6.03. The second kappa shape index (κ2) is 12.9. The number of rotatable bonds is 10. The van der Waals surface area contributed by atoms with Crippen molar-refractivity contribution in [3.63, 3.8) is 0 Å². The fourth-order valence-electron chi connectivity index (χ4n) is 4.01. The van der Waals surface area contributed by atoms with Gasteiger partial charge in [-0.15, -0.1) is 0 Å². The number of fused-ring (bicyclic) bond motifs is 3. The number of carbonyl (C=O) groups excluding carboxylic acids is 2. The second-order valence-electron chi connectivity index (χ2n) is 8.38. The number of carbonyl (C=O) groups is 2. The zero-order valence-electron chi connectivity index (χ0n) is 19.9. The van der Waals surface area contributed by atoms with Crippen LogP contribution in [-0.4, -0.2) is 32.1 Å². The fourth-order valence-corrected chi connectivity index (χ4v) is 4.01. The molecule has 6 nitrogen and oxygen atoms in total. The summed E-state index contributed by atoms with van der Waals surface area (Å²) in [6.07, 6.45) is 7.32. The number of benzene rings is 2. The summed E-state index contributed by atoms with van der Waals surface area (Å²) in [5.74, 6) is 0. The summed E-state index contributed by atoms with van der Waals surface area (Å²) >= 11 is 0. The molecule has 1 heterocycles. The smallest absolute Gasteiger partial charge is 0.415 e. The molecule has 1 aliphatic rings. The maximum atomic E-state index is 13.1. The van der Waals surface area contributed by atoms with Crippen LogP contribution in [0.3, 0.4) is 0 Å². The largest absolute Gasteiger partial charge is 0.449 e. The van der Waals surface area contributed by atoms with Gasteiger partial charge in [-0.2, -0.15) is 0 Å². The number of anilines is 2. The number of ether oxygens (including phenoxy) is 2. The van der Waals surface area contributed by atoms with Gasteiger partial charge in [-0.25, -0.2) is 9.59 Å². The number of nitrogens with zero attached hydrogens (tertiary/aromatic N) is 2. The minimum absolute atomic E-state index is 0.0373. The topological polar surface area (TPSA) is 59.1 Å². The van der Waals surface area contributed by atoms with Crippen LogP contribution in [0, 0.1) is 0 Å². The van der Waals surface area contributed by atoms with Gasteiger partial charge in [-0.3, -0.25) is 9.80 Å². The molecular weight excluding hydrogens is 416 g/mol. The number of hydrogen-bond acceptors (Lipinski definition) is 4. The van der Waals surface area contributed by atoms with Crippen LogP contribution < -0.4 is 9.80 Å². The standard InChI is InChI=1S/C27H36N2O4/c1-3-5-7-13-19-32-26(30)28-21-29(27(31)33-20-14-8-6-4-2)25-18-12-10-16-23(25)22-15-9-11-17-24(22)28/h9-12,15-18H,3-8,13-14,19-21H2,1-2H3. The second-order valence-corrected chi connectivity index (χ2v) is 8.38. The molecule has 0 N–H and O–H groups in total. The first-order valence-electron chi connectivity index (χ1n) is 12.2. The Morgan fingerprint density at radius 2 is 1.09 bits per heavy atom. The van der Waals surface area contributed by atoms with Gasteiger partial charge in [0.25, 0.3) is 0 Å². The lowest BCUT2D eigenvalue weighted by atomic mass is 10.0. The molecule has 0 saturated carbocycles. The van der Waals surface area contributed by atoms with Crippen LogP contribution >= 0.6 is 0 Å². The summed E-state index contributed by atoms with van der Waals surface area (Å²) in [5.41, 5.74) is 3.21. The number of amides is 2. The van der Waals surface area contributed by atoms with Gasteiger partial charge in [0.1, 0.15) is 6.67 Å². The van der Waals surface area contributed by atoms with Gasteiger partial charge < -0.3 is 9.47 Å². The van der Waals surface area contributed by atoms with Crippen molar-refractivity contribution in [2.24, 2.45) is 0 Å². The molecule has 2 aromatic carbocycles. The van der Waals surface area contributed by atoms with Crippen molar-refractivity contribution in [1.82, 2.24) is 0 Å². The van der Waals surface area contributed by atoms with E-state index in [4.69, 9.17) is 9.47 Å². The van der Waals surface area contributed by atoms with Crippen molar-refractivity contribution >= 4 is 23.6 Å². The third kappa shape index (κ3) is 6.50. The Morgan fingerprint density at radius 3 is 1.52 bits per heavy atom. The quantitative estimate of drug-likeness (QED) is 0.353. The molecule has 2 amide bonds. The molecule has 3 rings (SSSR count). The van der Waals surface area contributed by atoms with Gasteiger partial charge in [0, 0.05) is 11.1 Å². The average molecular weight is 453 g/mol. The van der Waals surface area contributed by atoms with Gasteiger partial charge in [0.15, 0.2) is 0 Å². The number of hydrogen-bond donors (Lipinski definition) is 0. The van der Waals surface area contributed by atoms with Crippen LogP contribution in [0.15, 0.2) is 48.5 Å². The monoisotopic (exact) mass is 452 g/mol. The maximum absolute atomic E-state index is 13.1. The van der Waals surface area contributed by atoms with Crippen LogP contribution in [0.5, 0.6) is 0 Å². The first kappa shape index (κ1) is 24.6. The zero-order chi connectivity index (χ0) is 23.5. The average Bonchev–Trinajstić information content (AvgIpc) is 2.99. The summed E-state index contributed by atoms with van der Waals surface area (Å²) in [4.78, 5) is 29.3. The Labute approximate surface area is 197 Å². The predicted molar refractivity (Wildman–Crippen MR) is 133 cm³/mol. The van der Waals surface area contributed by atoms with Crippen molar-refractivity contribution in [2.45, 2.75) is 65.2 Å². The Kier molecular flexibility index (Phi) is 9.60. The highest BCUT2D eigenvalue weighted by Crippen LogP contribution is 2.40. The normalized spacial score (nSPS) is 12.5. The molecule has 0 spiro atoms. The van der Waals surface area contributed by atoms with E-state index in [0.717, 1.165) is 73.9 Å². The van der Waals surface area contributed by atoms with E-state index in [2.05, 4.69) is 13.8 Å². The molecule has 0 aromatic heterocycles. The molecule has 33 heavy (non-hydrogen) atoms. The molecular formula is C27H36N2O4. The lowest BCUT2D eigenvalue weighted by Gasteiger charge is -2.27. The zero-order valence-corrected chi connectivity index (χ0v) is 19.9. The minimum Gasteiger partial charge on any atom is -0.449 e. The lowest BCUT2D eigenvalue weighted by Crippen LogP contribution is -2.44. The Morgan fingerprint density at radius 1 is 0.667 bits per heavy atom. The van der Waals surface area contributed by atoms with E-state index in [1.54, 1.807) is 0 Å². The van der Waals surface area contributed by atoms with Crippen molar-refractivity contribution in [3.05, 3.63) is 48.5 Å². The number of unbranched alkanes of at least 4 members (excludes halogenated alkanes) is 6. The third-order valence-electron chi connectivity index (χ3n) is 5.85. The first-order chi connectivity index (χ1) is 16.2. The summed E-state index contributed by atoms with van der Waals surface area (Å²) in [6, 6.07) is 15.4. The molecule has 178 valence electrons. The summed E-state index contributed by atoms with van der Waals surface area (Å²) in [5, 5.41) is 0. The van der Waals surface area contributed by atoms with Gasteiger partial charge in [0.2, 0.25) is 0 Å². The molecule has 0 saturated heterocycles. The van der Waals surface area contributed by atoms with E-state index >= 15 is 0 Å². The molecule has 1 aliphatic heterocycles.